The van der Waals surface area contributed by atoms with Gasteiger partial charge in [-0.05, 0) is 52.2 Å². The summed E-state index contributed by atoms with van der Waals surface area (Å²) in [4.78, 5) is 10.4. The van der Waals surface area contributed by atoms with E-state index in [1.807, 2.05) is 48.5 Å². The van der Waals surface area contributed by atoms with E-state index in [-0.39, 0.29) is 0 Å². The number of rotatable bonds is 4. The molecule has 1 aliphatic heterocycles. The summed E-state index contributed by atoms with van der Waals surface area (Å²) in [6, 6.07) is 52.2. The lowest BCUT2D eigenvalue weighted by atomic mass is 9.98. The monoisotopic (exact) mass is 617 g/mol. The molecular weight excluding hydrogens is 590 g/mol. The first kappa shape index (κ1) is 26.7. The molecule has 0 radical (unpaired) electrons. The summed E-state index contributed by atoms with van der Waals surface area (Å²) < 4.78 is 12.9. The highest BCUT2D eigenvalue weighted by Crippen LogP contribution is 2.38. The number of para-hydroxylation sites is 2. The van der Waals surface area contributed by atoms with Crippen molar-refractivity contribution in [1.82, 2.24) is 5.32 Å². The number of benzene rings is 7. The molecule has 0 fully saturated rings. The standard InChI is InChI=1S/C43H27N3O2/c1-2-11-27(12-3-1)41-44-42(46-43(45-41)34-17-8-15-32-31-14-6-7-18-36(31)48-40(32)34)33-16-9-19-38-39(33)35-25-30(22-23-37(35)47-38)29-21-20-26-10-4-5-13-28(26)24-29/h1-25,43H,(H,44,45,46). The minimum Gasteiger partial charge on any atom is -0.456 e. The quantitative estimate of drug-likeness (QED) is 0.214. The maximum atomic E-state index is 6.45. The van der Waals surface area contributed by atoms with Gasteiger partial charge in [0, 0.05) is 38.2 Å². The van der Waals surface area contributed by atoms with E-state index in [1.54, 1.807) is 0 Å². The fourth-order valence-electron chi connectivity index (χ4n) is 7.02. The Kier molecular flexibility index (Phi) is 5.87. The van der Waals surface area contributed by atoms with E-state index in [0.717, 1.165) is 77.5 Å². The third-order valence-corrected chi connectivity index (χ3v) is 9.34. The highest BCUT2D eigenvalue weighted by atomic mass is 16.3. The molecule has 1 N–H and O–H groups in total. The number of fused-ring (bicyclic) bond motifs is 7. The lowest BCUT2D eigenvalue weighted by Gasteiger charge is -2.24. The summed E-state index contributed by atoms with van der Waals surface area (Å²) in [6.45, 7) is 0. The van der Waals surface area contributed by atoms with E-state index in [4.69, 9.17) is 18.8 Å². The van der Waals surface area contributed by atoms with E-state index in [9.17, 15) is 0 Å². The zero-order valence-electron chi connectivity index (χ0n) is 25.7. The molecule has 0 spiro atoms. The van der Waals surface area contributed by atoms with Crippen LogP contribution in [0.25, 0.3) is 65.8 Å². The molecule has 2 aromatic heterocycles. The molecule has 0 saturated carbocycles. The summed E-state index contributed by atoms with van der Waals surface area (Å²) in [7, 11) is 0. The van der Waals surface area contributed by atoms with Crippen LogP contribution in [0.4, 0.5) is 0 Å². The van der Waals surface area contributed by atoms with Gasteiger partial charge in [-0.2, -0.15) is 0 Å². The average Bonchev–Trinajstić information content (AvgIpc) is 3.73. The van der Waals surface area contributed by atoms with Crippen molar-refractivity contribution in [1.29, 1.82) is 0 Å². The number of hydrogen-bond acceptors (Lipinski definition) is 5. The summed E-state index contributed by atoms with van der Waals surface area (Å²) in [5, 5.41) is 10.2. The number of nitrogens with one attached hydrogen (secondary N) is 1. The fraction of sp³-hybridized carbons (Fsp3) is 0.0233. The molecule has 0 aliphatic carbocycles. The largest absolute Gasteiger partial charge is 0.456 e. The van der Waals surface area contributed by atoms with E-state index in [0.29, 0.717) is 5.84 Å². The lowest BCUT2D eigenvalue weighted by molar-refractivity contribution is 0.628. The van der Waals surface area contributed by atoms with Crippen LogP contribution in [0.2, 0.25) is 0 Å². The normalized spacial score (nSPS) is 14.9. The molecule has 1 aliphatic rings. The third kappa shape index (κ3) is 4.25. The van der Waals surface area contributed by atoms with Gasteiger partial charge in [0.1, 0.15) is 28.2 Å². The Balaban J connectivity index is 1.17. The van der Waals surface area contributed by atoms with Gasteiger partial charge in [0.05, 0.1) is 0 Å². The second-order valence-corrected chi connectivity index (χ2v) is 12.2. The van der Waals surface area contributed by atoms with Gasteiger partial charge < -0.3 is 14.2 Å². The topological polar surface area (TPSA) is 63.0 Å². The Morgan fingerprint density at radius 3 is 2.17 bits per heavy atom. The first-order chi connectivity index (χ1) is 23.8. The molecule has 3 heterocycles. The smallest absolute Gasteiger partial charge is 0.160 e. The number of hydrogen-bond donors (Lipinski definition) is 1. The van der Waals surface area contributed by atoms with E-state index >= 15 is 0 Å². The molecule has 0 amide bonds. The Hall–Kier alpha value is -6.46. The van der Waals surface area contributed by atoms with E-state index in [2.05, 4.69) is 108 Å². The number of furan rings is 2. The second-order valence-electron chi connectivity index (χ2n) is 12.2. The van der Waals surface area contributed by atoms with Gasteiger partial charge in [-0.25, -0.2) is 9.98 Å². The number of amidine groups is 2. The molecule has 9 aromatic rings. The Bertz CT molecular complexity index is 2770. The van der Waals surface area contributed by atoms with E-state index in [1.165, 1.54) is 10.8 Å². The Morgan fingerprint density at radius 1 is 0.500 bits per heavy atom. The van der Waals surface area contributed by atoms with Crippen LogP contribution < -0.4 is 5.32 Å². The van der Waals surface area contributed by atoms with Crippen LogP contribution in [0.5, 0.6) is 0 Å². The third-order valence-electron chi connectivity index (χ3n) is 9.34. The van der Waals surface area contributed by atoms with Crippen molar-refractivity contribution < 1.29 is 8.83 Å². The highest BCUT2D eigenvalue weighted by molar-refractivity contribution is 6.22. The van der Waals surface area contributed by atoms with Crippen molar-refractivity contribution in [2.45, 2.75) is 6.17 Å². The number of aliphatic imine (C=N–C) groups is 2. The predicted octanol–water partition coefficient (Wildman–Crippen LogP) is 10.8. The SMILES string of the molecule is c1ccc(C2=NC(c3cccc4oc5ccc(-c6ccc7ccccc7c6)cc5c34)=NC(c3cccc4c3oc3ccccc34)N2)cc1. The predicted molar refractivity (Wildman–Crippen MR) is 196 cm³/mol. The minimum absolute atomic E-state index is 0.432. The number of nitrogens with zero attached hydrogens (tertiary/aromatic N) is 2. The van der Waals surface area contributed by atoms with Crippen molar-refractivity contribution in [3.8, 4) is 11.1 Å². The molecule has 10 rings (SSSR count). The van der Waals surface area contributed by atoms with Gasteiger partial charge >= 0.3 is 0 Å². The average molecular weight is 618 g/mol. The summed E-state index contributed by atoms with van der Waals surface area (Å²) >= 11 is 0. The molecule has 48 heavy (non-hydrogen) atoms. The summed E-state index contributed by atoms with van der Waals surface area (Å²) in [5.41, 5.74) is 8.43. The molecule has 5 heteroatoms. The van der Waals surface area contributed by atoms with Gasteiger partial charge in [-0.15, -0.1) is 0 Å². The molecule has 1 atom stereocenters. The van der Waals surface area contributed by atoms with Gasteiger partial charge in [0.15, 0.2) is 12.0 Å². The van der Waals surface area contributed by atoms with Crippen LogP contribution in [-0.2, 0) is 0 Å². The van der Waals surface area contributed by atoms with Gasteiger partial charge in [-0.3, -0.25) is 0 Å². The first-order valence-electron chi connectivity index (χ1n) is 16.1. The maximum Gasteiger partial charge on any atom is 0.160 e. The maximum absolute atomic E-state index is 6.45. The van der Waals surface area contributed by atoms with Crippen LogP contribution in [0, 0.1) is 0 Å². The van der Waals surface area contributed by atoms with Crippen LogP contribution in [0.15, 0.2) is 170 Å². The molecule has 0 bridgehead atoms. The molecule has 1 unspecified atom stereocenters. The van der Waals surface area contributed by atoms with E-state index < -0.39 is 6.17 Å². The van der Waals surface area contributed by atoms with Gasteiger partial charge in [0.2, 0.25) is 0 Å². The zero-order valence-corrected chi connectivity index (χ0v) is 25.7. The molecule has 0 saturated heterocycles. The fourth-order valence-corrected chi connectivity index (χ4v) is 7.02. The molecule has 5 nitrogen and oxygen atoms in total. The summed E-state index contributed by atoms with van der Waals surface area (Å²) in [5.74, 6) is 1.38. The molecular formula is C43H27N3O2. The molecule has 226 valence electrons. The highest BCUT2D eigenvalue weighted by Gasteiger charge is 2.26. The summed E-state index contributed by atoms with van der Waals surface area (Å²) in [6.07, 6.45) is -0.432. The lowest BCUT2D eigenvalue weighted by Crippen LogP contribution is -2.33. The van der Waals surface area contributed by atoms with Crippen molar-refractivity contribution in [2.24, 2.45) is 9.98 Å². The van der Waals surface area contributed by atoms with Crippen molar-refractivity contribution in [3.05, 3.63) is 168 Å². The van der Waals surface area contributed by atoms with Gasteiger partial charge in [-0.1, -0.05) is 121 Å². The van der Waals surface area contributed by atoms with Crippen molar-refractivity contribution in [2.75, 3.05) is 0 Å². The Labute approximate surface area is 275 Å². The van der Waals surface area contributed by atoms with Crippen molar-refractivity contribution in [3.63, 3.8) is 0 Å². The van der Waals surface area contributed by atoms with Crippen LogP contribution >= 0.6 is 0 Å². The van der Waals surface area contributed by atoms with Crippen LogP contribution in [0.3, 0.4) is 0 Å². The Morgan fingerprint density at radius 2 is 1.23 bits per heavy atom. The minimum atomic E-state index is -0.432. The second kappa shape index (κ2) is 10.5. The van der Waals surface area contributed by atoms with Crippen molar-refractivity contribution >= 4 is 66.3 Å². The zero-order chi connectivity index (χ0) is 31.6. The first-order valence-corrected chi connectivity index (χ1v) is 16.1. The van der Waals surface area contributed by atoms with Crippen LogP contribution in [-0.4, -0.2) is 11.7 Å². The van der Waals surface area contributed by atoms with Crippen LogP contribution in [0.1, 0.15) is 22.9 Å². The molecule has 7 aromatic carbocycles. The van der Waals surface area contributed by atoms with Gasteiger partial charge in [0.25, 0.3) is 0 Å².